The Morgan fingerprint density at radius 2 is 1.36 bits per heavy atom. The van der Waals surface area contributed by atoms with E-state index in [-0.39, 0.29) is 5.91 Å². The number of nitrogens with one attached hydrogen (secondary N) is 4. The van der Waals surface area contributed by atoms with E-state index in [1.165, 1.54) is 6.92 Å². The predicted octanol–water partition coefficient (Wildman–Crippen LogP) is 1.95. The Balaban J connectivity index is 1.59. The Kier molecular flexibility index (Phi) is 8.72. The number of anilines is 2. The van der Waals surface area contributed by atoms with Gasteiger partial charge in [-0.3, -0.25) is 9.59 Å². The number of rotatable bonds is 11. The zero-order valence-electron chi connectivity index (χ0n) is 18.4. The SMILES string of the molecule is CC(=O)NCCNc1cc(NCCNC(=O)C(O)c2ccccc2)nc(-c2ccccc2)n1. The minimum absolute atomic E-state index is 0.0914. The van der Waals surface area contributed by atoms with Gasteiger partial charge in [0.25, 0.3) is 5.91 Å². The van der Waals surface area contributed by atoms with Crippen LogP contribution in [0.1, 0.15) is 18.6 Å². The van der Waals surface area contributed by atoms with Crippen LogP contribution in [0.15, 0.2) is 66.7 Å². The summed E-state index contributed by atoms with van der Waals surface area (Å²) in [6, 6.07) is 20.1. The highest BCUT2D eigenvalue weighted by molar-refractivity contribution is 5.81. The van der Waals surface area contributed by atoms with Gasteiger partial charge in [-0.15, -0.1) is 0 Å². The topological polar surface area (TPSA) is 128 Å². The molecule has 0 radical (unpaired) electrons. The molecule has 5 N–H and O–H groups in total. The molecule has 1 aromatic heterocycles. The molecule has 1 unspecified atom stereocenters. The van der Waals surface area contributed by atoms with Gasteiger partial charge in [-0.05, 0) is 5.56 Å². The summed E-state index contributed by atoms with van der Waals surface area (Å²) in [5.41, 5.74) is 1.41. The van der Waals surface area contributed by atoms with Crippen molar-refractivity contribution in [1.29, 1.82) is 0 Å². The molecule has 0 saturated heterocycles. The first kappa shape index (κ1) is 23.7. The molecule has 0 fully saturated rings. The van der Waals surface area contributed by atoms with Crippen molar-refractivity contribution < 1.29 is 14.7 Å². The molecule has 2 aromatic carbocycles. The number of hydrogen-bond acceptors (Lipinski definition) is 7. The lowest BCUT2D eigenvalue weighted by molar-refractivity contribution is -0.129. The molecule has 2 amide bonds. The Hall–Kier alpha value is -3.98. The second kappa shape index (κ2) is 12.2. The summed E-state index contributed by atoms with van der Waals surface area (Å²) in [5.74, 6) is 1.19. The molecule has 0 bridgehead atoms. The molecule has 172 valence electrons. The lowest BCUT2D eigenvalue weighted by Crippen LogP contribution is -2.33. The van der Waals surface area contributed by atoms with Crippen LogP contribution in [0.4, 0.5) is 11.6 Å². The Morgan fingerprint density at radius 3 is 1.94 bits per heavy atom. The molecular formula is C24H28N6O3. The highest BCUT2D eigenvalue weighted by Crippen LogP contribution is 2.20. The standard InChI is InChI=1S/C24H28N6O3/c1-17(31)25-12-13-26-20-16-21(30-23(29-20)19-10-6-3-7-11-19)27-14-15-28-24(33)22(32)18-8-4-2-5-9-18/h2-11,16,22,32H,12-15H2,1H3,(H,25,31)(H,28,33)(H2,26,27,29,30). The molecule has 0 aliphatic carbocycles. The average Bonchev–Trinajstić information content (AvgIpc) is 2.85. The molecule has 0 saturated carbocycles. The molecule has 0 spiro atoms. The molecule has 1 atom stereocenters. The lowest BCUT2D eigenvalue weighted by Gasteiger charge is -2.14. The van der Waals surface area contributed by atoms with Crippen LogP contribution in [0, 0.1) is 0 Å². The fraction of sp³-hybridized carbons (Fsp3) is 0.250. The molecule has 1 heterocycles. The van der Waals surface area contributed by atoms with Crippen LogP contribution < -0.4 is 21.3 Å². The maximum absolute atomic E-state index is 12.2. The summed E-state index contributed by atoms with van der Waals surface area (Å²) in [6.07, 6.45) is -1.21. The van der Waals surface area contributed by atoms with Gasteiger partial charge in [0.2, 0.25) is 5.91 Å². The molecule has 33 heavy (non-hydrogen) atoms. The maximum atomic E-state index is 12.2. The number of benzene rings is 2. The third-order valence-corrected chi connectivity index (χ3v) is 4.66. The van der Waals surface area contributed by atoms with Gasteiger partial charge in [-0.1, -0.05) is 60.7 Å². The van der Waals surface area contributed by atoms with E-state index in [0.29, 0.717) is 49.2 Å². The van der Waals surface area contributed by atoms with Crippen molar-refractivity contribution in [1.82, 2.24) is 20.6 Å². The largest absolute Gasteiger partial charge is 0.378 e. The van der Waals surface area contributed by atoms with E-state index in [1.807, 2.05) is 36.4 Å². The van der Waals surface area contributed by atoms with Gasteiger partial charge in [0.1, 0.15) is 11.6 Å². The fourth-order valence-electron chi connectivity index (χ4n) is 3.03. The summed E-state index contributed by atoms with van der Waals surface area (Å²) in [5, 5.41) is 22.0. The highest BCUT2D eigenvalue weighted by atomic mass is 16.3. The van der Waals surface area contributed by atoms with Crippen molar-refractivity contribution in [2.24, 2.45) is 0 Å². The van der Waals surface area contributed by atoms with Crippen LogP contribution >= 0.6 is 0 Å². The highest BCUT2D eigenvalue weighted by Gasteiger charge is 2.16. The summed E-state index contributed by atoms with van der Waals surface area (Å²) in [7, 11) is 0. The second-order valence-electron chi connectivity index (χ2n) is 7.27. The summed E-state index contributed by atoms with van der Waals surface area (Å²) in [6.45, 7) is 3.16. The lowest BCUT2D eigenvalue weighted by atomic mass is 10.1. The maximum Gasteiger partial charge on any atom is 0.253 e. The molecule has 9 nitrogen and oxygen atoms in total. The van der Waals surface area contributed by atoms with Gasteiger partial charge in [-0.2, -0.15) is 0 Å². The zero-order chi connectivity index (χ0) is 23.5. The molecule has 9 heteroatoms. The number of carbonyl (C=O) groups is 2. The van der Waals surface area contributed by atoms with Gasteiger partial charge < -0.3 is 26.4 Å². The van der Waals surface area contributed by atoms with E-state index in [9.17, 15) is 14.7 Å². The van der Waals surface area contributed by atoms with Crippen LogP contribution in [0.5, 0.6) is 0 Å². The van der Waals surface area contributed by atoms with Crippen LogP contribution in [0.3, 0.4) is 0 Å². The molecule has 0 aliphatic rings. The molecule has 3 rings (SSSR count). The van der Waals surface area contributed by atoms with Gasteiger partial charge in [0.15, 0.2) is 11.9 Å². The first-order chi connectivity index (χ1) is 16.0. The Morgan fingerprint density at radius 1 is 0.818 bits per heavy atom. The van der Waals surface area contributed by atoms with E-state index in [2.05, 4.69) is 31.2 Å². The average molecular weight is 449 g/mol. The number of amides is 2. The third-order valence-electron chi connectivity index (χ3n) is 4.66. The number of nitrogens with zero attached hydrogens (tertiary/aromatic N) is 2. The quantitative estimate of drug-likeness (QED) is 0.284. The van der Waals surface area contributed by atoms with Gasteiger partial charge in [0, 0.05) is 44.7 Å². The molecular weight excluding hydrogens is 420 g/mol. The normalized spacial score (nSPS) is 11.3. The first-order valence-electron chi connectivity index (χ1n) is 10.7. The number of carbonyl (C=O) groups excluding carboxylic acids is 2. The van der Waals surface area contributed by atoms with E-state index in [0.717, 1.165) is 5.56 Å². The van der Waals surface area contributed by atoms with Crippen molar-refractivity contribution in [3.8, 4) is 11.4 Å². The van der Waals surface area contributed by atoms with E-state index in [1.54, 1.807) is 30.3 Å². The zero-order valence-corrected chi connectivity index (χ0v) is 18.4. The van der Waals surface area contributed by atoms with Crippen LogP contribution in [-0.2, 0) is 9.59 Å². The summed E-state index contributed by atoms with van der Waals surface area (Å²) in [4.78, 5) is 32.4. The van der Waals surface area contributed by atoms with Gasteiger partial charge in [-0.25, -0.2) is 9.97 Å². The summed E-state index contributed by atoms with van der Waals surface area (Å²) >= 11 is 0. The second-order valence-corrected chi connectivity index (χ2v) is 7.27. The van der Waals surface area contributed by atoms with Gasteiger partial charge >= 0.3 is 0 Å². The number of hydrogen-bond donors (Lipinski definition) is 5. The fourth-order valence-corrected chi connectivity index (χ4v) is 3.03. The number of aliphatic hydroxyl groups excluding tert-OH is 1. The van der Waals surface area contributed by atoms with Crippen molar-refractivity contribution in [3.05, 3.63) is 72.3 Å². The predicted molar refractivity (Wildman–Crippen MR) is 128 cm³/mol. The van der Waals surface area contributed by atoms with Crippen LogP contribution in [0.2, 0.25) is 0 Å². The molecule has 0 aliphatic heterocycles. The van der Waals surface area contributed by atoms with E-state index < -0.39 is 12.0 Å². The van der Waals surface area contributed by atoms with Crippen molar-refractivity contribution in [3.63, 3.8) is 0 Å². The van der Waals surface area contributed by atoms with Crippen LogP contribution in [-0.4, -0.2) is 53.1 Å². The van der Waals surface area contributed by atoms with Crippen molar-refractivity contribution >= 4 is 23.5 Å². The Labute approximate surface area is 192 Å². The van der Waals surface area contributed by atoms with Crippen LogP contribution in [0.25, 0.3) is 11.4 Å². The van der Waals surface area contributed by atoms with E-state index >= 15 is 0 Å². The number of aromatic nitrogens is 2. The summed E-state index contributed by atoms with van der Waals surface area (Å²) < 4.78 is 0. The minimum Gasteiger partial charge on any atom is -0.378 e. The Bertz CT molecular complexity index is 1050. The number of aliphatic hydroxyl groups is 1. The van der Waals surface area contributed by atoms with E-state index in [4.69, 9.17) is 0 Å². The third kappa shape index (κ3) is 7.58. The smallest absolute Gasteiger partial charge is 0.253 e. The van der Waals surface area contributed by atoms with Gasteiger partial charge in [0.05, 0.1) is 0 Å². The monoisotopic (exact) mass is 448 g/mol. The van der Waals surface area contributed by atoms with Crippen molar-refractivity contribution in [2.45, 2.75) is 13.0 Å². The first-order valence-corrected chi connectivity index (χ1v) is 10.7. The van der Waals surface area contributed by atoms with Crippen molar-refractivity contribution in [2.75, 3.05) is 36.8 Å². The molecule has 3 aromatic rings. The minimum atomic E-state index is -1.21.